The van der Waals surface area contributed by atoms with Crippen LogP contribution in [-0.2, 0) is 20.5 Å². The summed E-state index contributed by atoms with van der Waals surface area (Å²) in [5.74, 6) is -1.37. The van der Waals surface area contributed by atoms with Crippen molar-refractivity contribution in [2.45, 2.75) is 13.1 Å². The summed E-state index contributed by atoms with van der Waals surface area (Å²) >= 11 is 0. The molecular formula is C22H22F3N3O4. The first-order valence-corrected chi connectivity index (χ1v) is 9.88. The summed E-state index contributed by atoms with van der Waals surface area (Å²) in [6, 6.07) is 11.2. The van der Waals surface area contributed by atoms with Gasteiger partial charge >= 0.3 is 12.1 Å². The van der Waals surface area contributed by atoms with Crippen LogP contribution in [0.4, 0.5) is 24.5 Å². The van der Waals surface area contributed by atoms with Crippen LogP contribution in [0.3, 0.4) is 0 Å². The Morgan fingerprint density at radius 2 is 1.69 bits per heavy atom. The molecule has 1 aliphatic heterocycles. The Labute approximate surface area is 182 Å². The number of hydrogen-bond donors (Lipinski definition) is 1. The monoisotopic (exact) mass is 449 g/mol. The third-order valence-corrected chi connectivity index (χ3v) is 4.92. The maximum atomic E-state index is 12.9. The second-order valence-electron chi connectivity index (χ2n) is 7.25. The fraction of sp³-hybridized carbons (Fsp3) is 0.318. The van der Waals surface area contributed by atoms with Gasteiger partial charge in [-0.2, -0.15) is 13.2 Å². The van der Waals surface area contributed by atoms with E-state index in [9.17, 15) is 27.6 Å². The first-order valence-electron chi connectivity index (χ1n) is 9.88. The van der Waals surface area contributed by atoms with Crippen molar-refractivity contribution in [1.82, 2.24) is 4.90 Å². The Morgan fingerprint density at radius 3 is 2.34 bits per heavy atom. The molecule has 32 heavy (non-hydrogen) atoms. The second-order valence-corrected chi connectivity index (χ2v) is 7.25. The van der Waals surface area contributed by atoms with E-state index < -0.39 is 24.3 Å². The van der Waals surface area contributed by atoms with Gasteiger partial charge in [-0.25, -0.2) is 4.79 Å². The van der Waals surface area contributed by atoms with E-state index in [0.717, 1.165) is 12.1 Å². The second kappa shape index (κ2) is 9.71. The molecule has 7 nitrogen and oxygen atoms in total. The average molecular weight is 449 g/mol. The number of halogens is 3. The van der Waals surface area contributed by atoms with E-state index in [2.05, 4.69) is 5.32 Å². The van der Waals surface area contributed by atoms with Gasteiger partial charge in [0, 0.05) is 44.5 Å². The molecule has 2 aromatic carbocycles. The van der Waals surface area contributed by atoms with E-state index in [1.54, 1.807) is 23.1 Å². The first kappa shape index (κ1) is 23.1. The molecule has 1 fully saturated rings. The molecule has 3 rings (SSSR count). The van der Waals surface area contributed by atoms with Crippen LogP contribution in [-0.4, -0.2) is 55.5 Å². The van der Waals surface area contributed by atoms with Crippen molar-refractivity contribution in [2.75, 3.05) is 43.0 Å². The van der Waals surface area contributed by atoms with Gasteiger partial charge in [-0.05, 0) is 36.4 Å². The summed E-state index contributed by atoms with van der Waals surface area (Å²) in [6.07, 6.45) is -4.42. The lowest BCUT2D eigenvalue weighted by Crippen LogP contribution is -2.50. The maximum Gasteiger partial charge on any atom is 0.416 e. The number of amides is 2. The molecule has 0 saturated carbocycles. The summed E-state index contributed by atoms with van der Waals surface area (Å²) in [5.41, 5.74) is 0.350. The van der Waals surface area contributed by atoms with Crippen LogP contribution in [0.15, 0.2) is 48.5 Å². The number of benzene rings is 2. The molecular weight excluding hydrogens is 427 g/mol. The number of nitrogens with zero attached hydrogens (tertiary/aromatic N) is 2. The molecule has 0 atom stereocenters. The number of ether oxygens (including phenoxy) is 1. The van der Waals surface area contributed by atoms with E-state index in [4.69, 9.17) is 4.74 Å². The first-order chi connectivity index (χ1) is 15.1. The van der Waals surface area contributed by atoms with Crippen LogP contribution < -0.4 is 10.2 Å². The smallest absolute Gasteiger partial charge is 0.416 e. The van der Waals surface area contributed by atoms with Crippen molar-refractivity contribution < 1.29 is 32.3 Å². The molecule has 1 aliphatic rings. The van der Waals surface area contributed by atoms with Crippen molar-refractivity contribution >= 4 is 29.2 Å². The predicted molar refractivity (Wildman–Crippen MR) is 111 cm³/mol. The molecule has 0 radical (unpaired) electrons. The lowest BCUT2D eigenvalue weighted by Gasteiger charge is -2.36. The Kier molecular flexibility index (Phi) is 7.01. The van der Waals surface area contributed by atoms with Crippen LogP contribution in [0.2, 0.25) is 0 Å². The summed E-state index contributed by atoms with van der Waals surface area (Å²) in [5, 5.41) is 2.56. The molecule has 170 valence electrons. The molecule has 0 unspecified atom stereocenters. The minimum atomic E-state index is -4.42. The van der Waals surface area contributed by atoms with Crippen LogP contribution in [0.1, 0.15) is 22.8 Å². The molecule has 2 amide bonds. The highest BCUT2D eigenvalue weighted by Gasteiger charge is 2.31. The topological polar surface area (TPSA) is 78.9 Å². The fourth-order valence-corrected chi connectivity index (χ4v) is 3.32. The van der Waals surface area contributed by atoms with Crippen molar-refractivity contribution in [2.24, 2.45) is 0 Å². The summed E-state index contributed by atoms with van der Waals surface area (Å²) < 4.78 is 43.9. The highest BCUT2D eigenvalue weighted by atomic mass is 19.4. The largest absolute Gasteiger partial charge is 0.452 e. The molecule has 1 N–H and O–H groups in total. The highest BCUT2D eigenvalue weighted by molar-refractivity contribution is 5.94. The van der Waals surface area contributed by atoms with Gasteiger partial charge in [0.1, 0.15) is 0 Å². The fourth-order valence-electron chi connectivity index (χ4n) is 3.32. The number of alkyl halides is 3. The molecule has 0 bridgehead atoms. The predicted octanol–water partition coefficient (Wildman–Crippen LogP) is 3.17. The zero-order valence-electron chi connectivity index (χ0n) is 17.3. The molecule has 1 saturated heterocycles. The van der Waals surface area contributed by atoms with Gasteiger partial charge in [-0.1, -0.05) is 12.1 Å². The lowest BCUT2D eigenvalue weighted by molar-refractivity contribution is -0.137. The minimum absolute atomic E-state index is 0.193. The number of rotatable bonds is 5. The van der Waals surface area contributed by atoms with Crippen molar-refractivity contribution in [3.8, 4) is 0 Å². The Morgan fingerprint density at radius 1 is 1.00 bits per heavy atom. The standard InChI is InChI=1S/C22H22F3N3O4/c1-15(29)26-18-6-2-4-16(12-18)21(31)32-14-20(30)28-10-8-27(9-11-28)19-7-3-5-17(13-19)22(23,24)25/h2-7,12-13H,8-11,14H2,1H3,(H,26,29). The van der Waals surface area contributed by atoms with Crippen LogP contribution in [0, 0.1) is 0 Å². The van der Waals surface area contributed by atoms with Gasteiger partial charge in [-0.15, -0.1) is 0 Å². The van der Waals surface area contributed by atoms with E-state index in [-0.39, 0.29) is 17.4 Å². The minimum Gasteiger partial charge on any atom is -0.452 e. The Hall–Kier alpha value is -3.56. The number of carbonyl (C=O) groups excluding carboxylic acids is 3. The normalized spacial score (nSPS) is 14.1. The van der Waals surface area contributed by atoms with E-state index in [1.165, 1.54) is 30.0 Å². The van der Waals surface area contributed by atoms with Gasteiger partial charge < -0.3 is 19.9 Å². The number of carbonyl (C=O) groups is 3. The molecule has 0 spiro atoms. The van der Waals surface area contributed by atoms with Gasteiger partial charge in [-0.3, -0.25) is 9.59 Å². The third kappa shape index (κ3) is 5.99. The zero-order valence-corrected chi connectivity index (χ0v) is 17.3. The SMILES string of the molecule is CC(=O)Nc1cccc(C(=O)OCC(=O)N2CCN(c3cccc(C(F)(F)F)c3)CC2)c1. The van der Waals surface area contributed by atoms with E-state index >= 15 is 0 Å². The number of anilines is 2. The quantitative estimate of drug-likeness (QED) is 0.710. The lowest BCUT2D eigenvalue weighted by atomic mass is 10.1. The summed E-state index contributed by atoms with van der Waals surface area (Å²) in [7, 11) is 0. The van der Waals surface area contributed by atoms with Crippen molar-refractivity contribution in [1.29, 1.82) is 0 Å². The molecule has 1 heterocycles. The Bertz CT molecular complexity index is 1000. The Balaban J connectivity index is 1.51. The molecule has 2 aromatic rings. The van der Waals surface area contributed by atoms with Gasteiger partial charge in [0.25, 0.3) is 5.91 Å². The van der Waals surface area contributed by atoms with Crippen LogP contribution in [0.5, 0.6) is 0 Å². The highest BCUT2D eigenvalue weighted by Crippen LogP contribution is 2.31. The van der Waals surface area contributed by atoms with Gasteiger partial charge in [0.15, 0.2) is 6.61 Å². The maximum absolute atomic E-state index is 12.9. The van der Waals surface area contributed by atoms with E-state index in [1.807, 2.05) is 0 Å². The number of piperazine rings is 1. The van der Waals surface area contributed by atoms with Gasteiger partial charge in [0.05, 0.1) is 11.1 Å². The zero-order chi connectivity index (χ0) is 23.3. The molecule has 0 aromatic heterocycles. The van der Waals surface area contributed by atoms with Crippen LogP contribution >= 0.6 is 0 Å². The van der Waals surface area contributed by atoms with Crippen molar-refractivity contribution in [3.63, 3.8) is 0 Å². The van der Waals surface area contributed by atoms with Crippen molar-refractivity contribution in [3.05, 3.63) is 59.7 Å². The van der Waals surface area contributed by atoms with E-state index in [0.29, 0.717) is 37.6 Å². The third-order valence-electron chi connectivity index (χ3n) is 4.92. The molecule has 0 aliphatic carbocycles. The number of hydrogen-bond acceptors (Lipinski definition) is 5. The number of nitrogens with one attached hydrogen (secondary N) is 1. The van der Waals surface area contributed by atoms with Crippen LogP contribution in [0.25, 0.3) is 0 Å². The molecule has 10 heteroatoms. The summed E-state index contributed by atoms with van der Waals surface area (Å²) in [6.45, 7) is 2.21. The summed E-state index contributed by atoms with van der Waals surface area (Å²) in [4.78, 5) is 39.0. The van der Waals surface area contributed by atoms with Gasteiger partial charge in [0.2, 0.25) is 5.91 Å². The average Bonchev–Trinajstić information content (AvgIpc) is 2.76. The number of esters is 1.